The normalized spacial score (nSPS) is 17.9. The molecule has 104 valence electrons. The molecule has 0 spiro atoms. The Balaban J connectivity index is 2.11. The fourth-order valence-corrected chi connectivity index (χ4v) is 2.95. The van der Waals surface area contributed by atoms with Gasteiger partial charge in [-0.15, -0.1) is 0 Å². The summed E-state index contributed by atoms with van der Waals surface area (Å²) >= 11 is 0. The van der Waals surface area contributed by atoms with Gasteiger partial charge < -0.3 is 9.30 Å². The number of hydrogen-bond donors (Lipinski definition) is 0. The van der Waals surface area contributed by atoms with Crippen LogP contribution in [-0.4, -0.2) is 22.4 Å². The molecule has 1 aliphatic carbocycles. The molecule has 4 heteroatoms. The molecule has 3 rings (SSSR count). The zero-order valence-corrected chi connectivity index (χ0v) is 12.0. The van der Waals surface area contributed by atoms with Crippen LogP contribution in [0.25, 0.3) is 5.69 Å². The molecule has 2 heterocycles. The molecule has 1 aliphatic rings. The molecule has 4 nitrogen and oxygen atoms in total. The van der Waals surface area contributed by atoms with Crippen molar-refractivity contribution in [3.8, 4) is 11.6 Å². The number of carbonyl (C=O) groups is 1. The zero-order chi connectivity index (χ0) is 14.3. The second kappa shape index (κ2) is 4.78. The molecule has 0 radical (unpaired) electrons. The van der Waals surface area contributed by atoms with Crippen LogP contribution in [0.15, 0.2) is 24.4 Å². The molecule has 0 amide bonds. The predicted molar refractivity (Wildman–Crippen MR) is 76.7 cm³/mol. The van der Waals surface area contributed by atoms with Crippen LogP contribution in [0.5, 0.6) is 5.88 Å². The van der Waals surface area contributed by atoms with Crippen LogP contribution in [0, 0.1) is 12.8 Å². The molecule has 0 aliphatic heterocycles. The summed E-state index contributed by atoms with van der Waals surface area (Å²) in [4.78, 5) is 16.4. The van der Waals surface area contributed by atoms with E-state index in [-0.39, 0.29) is 5.78 Å². The van der Waals surface area contributed by atoms with Gasteiger partial charge in [0.05, 0.1) is 19.0 Å². The summed E-state index contributed by atoms with van der Waals surface area (Å²) in [7, 11) is 1.60. The Labute approximate surface area is 118 Å². The topological polar surface area (TPSA) is 44.1 Å². The number of nitrogens with zero attached hydrogens (tertiary/aromatic N) is 2. The second-order valence-corrected chi connectivity index (χ2v) is 5.48. The number of methoxy groups -OCH3 is 1. The molecule has 0 aromatic carbocycles. The van der Waals surface area contributed by atoms with E-state index in [4.69, 9.17) is 4.74 Å². The van der Waals surface area contributed by atoms with Gasteiger partial charge in [0.15, 0.2) is 5.78 Å². The molecule has 20 heavy (non-hydrogen) atoms. The first-order valence-corrected chi connectivity index (χ1v) is 6.85. The van der Waals surface area contributed by atoms with E-state index in [1.54, 1.807) is 13.3 Å². The minimum atomic E-state index is 0.252. The quantitative estimate of drug-likeness (QED) is 0.842. The molecular weight excluding hydrogens is 252 g/mol. The first-order chi connectivity index (χ1) is 9.60. The van der Waals surface area contributed by atoms with Gasteiger partial charge in [-0.1, -0.05) is 6.92 Å². The number of ketones is 1. The number of pyridine rings is 1. The average molecular weight is 270 g/mol. The van der Waals surface area contributed by atoms with Crippen molar-refractivity contribution in [3.05, 3.63) is 41.3 Å². The maximum atomic E-state index is 12.1. The lowest BCUT2D eigenvalue weighted by Gasteiger charge is -2.20. The molecule has 0 unspecified atom stereocenters. The Morgan fingerprint density at radius 1 is 1.35 bits per heavy atom. The van der Waals surface area contributed by atoms with Gasteiger partial charge in [0.25, 0.3) is 0 Å². The molecular formula is C16H18N2O2. The summed E-state index contributed by atoms with van der Waals surface area (Å²) in [6.07, 6.45) is 3.37. The van der Waals surface area contributed by atoms with Gasteiger partial charge in [0.2, 0.25) is 5.88 Å². The number of hydrogen-bond acceptors (Lipinski definition) is 3. The highest BCUT2D eigenvalue weighted by Gasteiger charge is 2.27. The molecule has 0 saturated carbocycles. The van der Waals surface area contributed by atoms with Crippen LogP contribution < -0.4 is 4.74 Å². The lowest BCUT2D eigenvalue weighted by Crippen LogP contribution is -2.19. The molecule has 0 bridgehead atoms. The summed E-state index contributed by atoms with van der Waals surface area (Å²) in [5.74, 6) is 1.24. The van der Waals surface area contributed by atoms with Gasteiger partial charge in [-0.2, -0.15) is 0 Å². The van der Waals surface area contributed by atoms with E-state index in [0.29, 0.717) is 18.2 Å². The number of aromatic nitrogens is 2. The third kappa shape index (κ3) is 2.01. The van der Waals surface area contributed by atoms with E-state index in [2.05, 4.69) is 16.5 Å². The first kappa shape index (κ1) is 12.9. The van der Waals surface area contributed by atoms with Crippen LogP contribution in [0.1, 0.15) is 35.1 Å². The maximum absolute atomic E-state index is 12.1. The number of Topliss-reactive ketones (excluding diaryl/α,β-unsaturated/α-hetero) is 1. The zero-order valence-electron chi connectivity index (χ0n) is 12.0. The van der Waals surface area contributed by atoms with Crippen molar-refractivity contribution in [3.63, 3.8) is 0 Å². The van der Waals surface area contributed by atoms with Gasteiger partial charge in [0, 0.05) is 29.4 Å². The number of ether oxygens (including phenoxy) is 1. The molecule has 2 aromatic heterocycles. The van der Waals surface area contributed by atoms with Gasteiger partial charge in [-0.25, -0.2) is 4.98 Å². The summed E-state index contributed by atoms with van der Waals surface area (Å²) in [6.45, 7) is 4.15. The Morgan fingerprint density at radius 3 is 2.80 bits per heavy atom. The summed E-state index contributed by atoms with van der Waals surface area (Å²) in [6, 6.07) is 5.81. The van der Waals surface area contributed by atoms with E-state index < -0.39 is 0 Å². The third-order valence-electron chi connectivity index (χ3n) is 3.85. The standard InChI is InChI=1S/C16H18N2O2/c1-10-6-14-13(15(19)7-10)8-11(2)18(14)12-4-5-16(20-3)17-9-12/h4-5,8-10H,6-7H2,1-3H3/t10-/m0/s1. The molecule has 0 fully saturated rings. The Bertz CT molecular complexity index is 656. The highest BCUT2D eigenvalue weighted by Crippen LogP contribution is 2.30. The van der Waals surface area contributed by atoms with Crippen LogP contribution in [0.3, 0.4) is 0 Å². The van der Waals surface area contributed by atoms with Gasteiger partial charge in [-0.05, 0) is 31.4 Å². The lowest BCUT2D eigenvalue weighted by molar-refractivity contribution is 0.0952. The van der Waals surface area contributed by atoms with E-state index in [0.717, 1.165) is 29.1 Å². The minimum absolute atomic E-state index is 0.252. The summed E-state index contributed by atoms with van der Waals surface area (Å²) < 4.78 is 7.22. The third-order valence-corrected chi connectivity index (χ3v) is 3.85. The molecule has 2 aromatic rings. The van der Waals surface area contributed by atoms with Crippen molar-refractivity contribution in [1.82, 2.24) is 9.55 Å². The van der Waals surface area contributed by atoms with Crippen molar-refractivity contribution >= 4 is 5.78 Å². The summed E-state index contributed by atoms with van der Waals surface area (Å²) in [5.41, 5.74) is 4.03. The fraction of sp³-hybridized carbons (Fsp3) is 0.375. The molecule has 0 saturated heterocycles. The molecule has 1 atom stereocenters. The van der Waals surface area contributed by atoms with Crippen LogP contribution >= 0.6 is 0 Å². The average Bonchev–Trinajstić information content (AvgIpc) is 2.76. The van der Waals surface area contributed by atoms with E-state index in [1.165, 1.54) is 0 Å². The Morgan fingerprint density at radius 2 is 2.15 bits per heavy atom. The number of aryl methyl sites for hydroxylation is 1. The van der Waals surface area contributed by atoms with Gasteiger partial charge in [-0.3, -0.25) is 4.79 Å². The van der Waals surface area contributed by atoms with Crippen LogP contribution in [-0.2, 0) is 6.42 Å². The number of carbonyl (C=O) groups excluding carboxylic acids is 1. The highest BCUT2D eigenvalue weighted by atomic mass is 16.5. The Kier molecular flexibility index (Phi) is 3.08. The Hall–Kier alpha value is -2.10. The van der Waals surface area contributed by atoms with Crippen molar-refractivity contribution in [2.75, 3.05) is 7.11 Å². The monoisotopic (exact) mass is 270 g/mol. The fourth-order valence-electron chi connectivity index (χ4n) is 2.95. The van der Waals surface area contributed by atoms with E-state index in [1.807, 2.05) is 25.1 Å². The van der Waals surface area contributed by atoms with Crippen molar-refractivity contribution in [2.24, 2.45) is 5.92 Å². The first-order valence-electron chi connectivity index (χ1n) is 6.85. The van der Waals surface area contributed by atoms with Gasteiger partial charge in [0.1, 0.15) is 0 Å². The van der Waals surface area contributed by atoms with E-state index in [9.17, 15) is 4.79 Å². The van der Waals surface area contributed by atoms with Gasteiger partial charge >= 0.3 is 0 Å². The molecule has 0 N–H and O–H groups in total. The van der Waals surface area contributed by atoms with Crippen molar-refractivity contribution in [1.29, 1.82) is 0 Å². The maximum Gasteiger partial charge on any atom is 0.213 e. The van der Waals surface area contributed by atoms with Crippen molar-refractivity contribution in [2.45, 2.75) is 26.7 Å². The smallest absolute Gasteiger partial charge is 0.213 e. The van der Waals surface area contributed by atoms with E-state index >= 15 is 0 Å². The minimum Gasteiger partial charge on any atom is -0.481 e. The predicted octanol–water partition coefficient (Wildman–Crippen LogP) is 2.95. The SMILES string of the molecule is COc1ccc(-n2c(C)cc3c2C[C@H](C)CC3=O)cn1. The van der Waals surface area contributed by atoms with Crippen LogP contribution in [0.4, 0.5) is 0 Å². The number of fused-ring (bicyclic) bond motifs is 1. The number of rotatable bonds is 2. The second-order valence-electron chi connectivity index (χ2n) is 5.48. The van der Waals surface area contributed by atoms with Crippen LogP contribution in [0.2, 0.25) is 0 Å². The largest absolute Gasteiger partial charge is 0.481 e. The highest BCUT2D eigenvalue weighted by molar-refractivity contribution is 5.98. The lowest BCUT2D eigenvalue weighted by atomic mass is 9.88. The summed E-state index contributed by atoms with van der Waals surface area (Å²) in [5, 5.41) is 0. The van der Waals surface area contributed by atoms with Crippen molar-refractivity contribution < 1.29 is 9.53 Å².